The maximum atomic E-state index is 13.1. The van der Waals surface area contributed by atoms with E-state index in [1.165, 1.54) is 7.11 Å². The van der Waals surface area contributed by atoms with Crippen molar-refractivity contribution in [3.05, 3.63) is 46.9 Å². The number of hydrogen-bond donors (Lipinski definition) is 1. The fraction of sp³-hybridized carbons (Fsp3) is 0.353. The van der Waals surface area contributed by atoms with Gasteiger partial charge in [0.15, 0.2) is 0 Å². The average Bonchev–Trinajstić information content (AvgIpc) is 3.04. The van der Waals surface area contributed by atoms with Gasteiger partial charge in [-0.15, -0.1) is 5.10 Å². The van der Waals surface area contributed by atoms with Crippen LogP contribution in [0.5, 0.6) is 5.75 Å². The number of anilines is 1. The molecule has 0 aliphatic carbocycles. The Balaban J connectivity index is 2.16. The summed E-state index contributed by atoms with van der Waals surface area (Å²) in [5.74, 6) is -1.46. The van der Waals surface area contributed by atoms with Crippen molar-refractivity contribution in [2.75, 3.05) is 19.0 Å². The molecule has 0 amide bonds. The Labute approximate surface area is 152 Å². The number of ether oxygens (including phenoxy) is 2. The van der Waals surface area contributed by atoms with E-state index in [-0.39, 0.29) is 18.1 Å². The highest BCUT2D eigenvalue weighted by atomic mass is 19.4. The molecule has 1 aliphatic rings. The Morgan fingerprint density at radius 3 is 2.52 bits per heavy atom. The summed E-state index contributed by atoms with van der Waals surface area (Å²) in [7, 11) is 1.50. The molecule has 2 heterocycles. The Morgan fingerprint density at radius 2 is 1.96 bits per heavy atom. The molecule has 1 aromatic carbocycles. The van der Waals surface area contributed by atoms with Crippen LogP contribution < -0.4 is 10.1 Å². The number of methoxy groups -OCH3 is 1. The minimum atomic E-state index is -4.71. The van der Waals surface area contributed by atoms with Gasteiger partial charge in [0.05, 0.1) is 19.3 Å². The van der Waals surface area contributed by atoms with E-state index in [0.717, 1.165) is 4.68 Å². The first kappa shape index (κ1) is 18.7. The van der Waals surface area contributed by atoms with E-state index in [0.29, 0.717) is 17.0 Å². The van der Waals surface area contributed by atoms with Gasteiger partial charge in [-0.2, -0.15) is 18.2 Å². The predicted octanol–water partition coefficient (Wildman–Crippen LogP) is 3.16. The molecular formula is C17H17F3N4O3. The van der Waals surface area contributed by atoms with E-state index in [4.69, 9.17) is 9.47 Å². The summed E-state index contributed by atoms with van der Waals surface area (Å²) < 4.78 is 50.5. The van der Waals surface area contributed by atoms with Crippen molar-refractivity contribution in [2.45, 2.75) is 26.1 Å². The number of carbonyl (C=O) groups excluding carboxylic acids is 1. The lowest BCUT2D eigenvalue weighted by Crippen LogP contribution is -2.29. The second-order valence-electron chi connectivity index (χ2n) is 5.76. The number of esters is 1. The molecule has 1 aliphatic heterocycles. The zero-order valence-electron chi connectivity index (χ0n) is 14.8. The van der Waals surface area contributed by atoms with E-state index >= 15 is 0 Å². The minimum absolute atomic E-state index is 0.103. The number of nitrogens with zero attached hydrogens (tertiary/aromatic N) is 3. The molecule has 1 N–H and O–H groups in total. The molecule has 3 rings (SSSR count). The lowest BCUT2D eigenvalue weighted by molar-refractivity contribution is -0.145. The van der Waals surface area contributed by atoms with Crippen molar-refractivity contribution in [1.82, 2.24) is 14.8 Å². The van der Waals surface area contributed by atoms with Gasteiger partial charge in [0.2, 0.25) is 5.95 Å². The smallest absolute Gasteiger partial charge is 0.453 e. The van der Waals surface area contributed by atoms with E-state index < -0.39 is 24.0 Å². The third-order valence-corrected chi connectivity index (χ3v) is 4.03. The third kappa shape index (κ3) is 3.46. The molecular weight excluding hydrogens is 365 g/mol. The molecule has 7 nitrogen and oxygen atoms in total. The molecule has 0 saturated heterocycles. The van der Waals surface area contributed by atoms with Crippen LogP contribution >= 0.6 is 0 Å². The Kier molecular flexibility index (Phi) is 4.81. The topological polar surface area (TPSA) is 78.3 Å². The number of aromatic nitrogens is 3. The third-order valence-electron chi connectivity index (χ3n) is 4.03. The lowest BCUT2D eigenvalue weighted by Gasteiger charge is -2.28. The highest BCUT2D eigenvalue weighted by molar-refractivity contribution is 5.92. The molecule has 0 fully saturated rings. The number of benzene rings is 1. The van der Waals surface area contributed by atoms with E-state index in [9.17, 15) is 18.0 Å². The normalized spacial score (nSPS) is 16.6. The van der Waals surface area contributed by atoms with Crippen LogP contribution in [-0.4, -0.2) is 34.5 Å². The molecule has 0 bridgehead atoms. The minimum Gasteiger partial charge on any atom is -0.497 e. The highest BCUT2D eigenvalue weighted by Gasteiger charge is 2.41. The van der Waals surface area contributed by atoms with Crippen molar-refractivity contribution < 1.29 is 27.4 Å². The van der Waals surface area contributed by atoms with Gasteiger partial charge in [0.25, 0.3) is 5.82 Å². The van der Waals surface area contributed by atoms with Gasteiger partial charge in [-0.1, -0.05) is 12.1 Å². The van der Waals surface area contributed by atoms with Crippen LogP contribution in [0.25, 0.3) is 0 Å². The van der Waals surface area contributed by atoms with Crippen LogP contribution in [-0.2, 0) is 15.7 Å². The number of fused-ring (bicyclic) bond motifs is 1. The lowest BCUT2D eigenvalue weighted by atomic mass is 9.96. The van der Waals surface area contributed by atoms with Crippen LogP contribution in [0.4, 0.5) is 19.1 Å². The van der Waals surface area contributed by atoms with Crippen LogP contribution in [0.3, 0.4) is 0 Å². The Bertz CT molecular complexity index is 888. The largest absolute Gasteiger partial charge is 0.497 e. The number of hydrogen-bond acceptors (Lipinski definition) is 6. The summed E-state index contributed by atoms with van der Waals surface area (Å²) >= 11 is 0. The Hall–Kier alpha value is -3.04. The van der Waals surface area contributed by atoms with Crippen molar-refractivity contribution in [3.8, 4) is 5.75 Å². The monoisotopic (exact) mass is 382 g/mol. The first-order valence-electron chi connectivity index (χ1n) is 8.08. The predicted molar refractivity (Wildman–Crippen MR) is 89.1 cm³/mol. The van der Waals surface area contributed by atoms with E-state index in [2.05, 4.69) is 15.4 Å². The van der Waals surface area contributed by atoms with Gasteiger partial charge in [-0.25, -0.2) is 9.48 Å². The summed E-state index contributed by atoms with van der Waals surface area (Å²) in [6, 6.07) is 5.68. The fourth-order valence-electron chi connectivity index (χ4n) is 2.84. The van der Waals surface area contributed by atoms with Gasteiger partial charge in [-0.05, 0) is 31.5 Å². The van der Waals surface area contributed by atoms with Gasteiger partial charge in [0, 0.05) is 5.70 Å². The maximum absolute atomic E-state index is 13.1. The van der Waals surface area contributed by atoms with Gasteiger partial charge >= 0.3 is 12.1 Å². The summed E-state index contributed by atoms with van der Waals surface area (Å²) in [5.41, 5.74) is 1.05. The molecule has 144 valence electrons. The van der Waals surface area contributed by atoms with Gasteiger partial charge in [-0.3, -0.25) is 0 Å². The van der Waals surface area contributed by atoms with Crippen LogP contribution in [0.1, 0.15) is 31.3 Å². The first-order valence-corrected chi connectivity index (χ1v) is 8.08. The van der Waals surface area contributed by atoms with Gasteiger partial charge < -0.3 is 14.8 Å². The summed E-state index contributed by atoms with van der Waals surface area (Å²) in [5, 5.41) is 6.30. The average molecular weight is 382 g/mol. The van der Waals surface area contributed by atoms with E-state index in [1.54, 1.807) is 38.1 Å². The zero-order chi connectivity index (χ0) is 19.8. The number of halogens is 3. The molecule has 0 spiro atoms. The van der Waals surface area contributed by atoms with Crippen molar-refractivity contribution in [2.24, 2.45) is 0 Å². The highest BCUT2D eigenvalue weighted by Crippen LogP contribution is 2.38. The molecule has 1 atom stereocenters. The second-order valence-corrected chi connectivity index (χ2v) is 5.76. The fourth-order valence-corrected chi connectivity index (χ4v) is 2.84. The molecule has 0 saturated carbocycles. The molecule has 2 aromatic rings. The number of alkyl halides is 3. The van der Waals surface area contributed by atoms with Crippen LogP contribution in [0.2, 0.25) is 0 Å². The summed E-state index contributed by atoms with van der Waals surface area (Å²) in [6.07, 6.45) is -4.71. The summed E-state index contributed by atoms with van der Waals surface area (Å²) in [4.78, 5) is 16.0. The first-order chi connectivity index (χ1) is 12.8. The molecule has 0 unspecified atom stereocenters. The number of carbonyl (C=O) groups is 1. The van der Waals surface area contributed by atoms with Crippen LogP contribution in [0, 0.1) is 0 Å². The SMILES string of the molecule is CCOC(=O)C1=C(C)Nc2nc(C(F)(F)F)nn2[C@@H]1c1ccc(OC)cc1. The molecule has 10 heteroatoms. The maximum Gasteiger partial charge on any atom is 0.453 e. The molecule has 1 aromatic heterocycles. The molecule has 0 radical (unpaired) electrons. The number of rotatable bonds is 4. The molecule has 27 heavy (non-hydrogen) atoms. The zero-order valence-corrected chi connectivity index (χ0v) is 14.8. The summed E-state index contributed by atoms with van der Waals surface area (Å²) in [6.45, 7) is 3.35. The standard InChI is InChI=1S/C17H17F3N4O3/c1-4-27-14(25)12-9(2)21-16-22-15(17(18,19)20)23-24(16)13(12)10-5-7-11(26-3)8-6-10/h5-8,13H,4H2,1-3H3,(H,21,22,23)/t13-/m1/s1. The van der Waals surface area contributed by atoms with Gasteiger partial charge in [0.1, 0.15) is 11.8 Å². The van der Waals surface area contributed by atoms with Crippen molar-refractivity contribution in [3.63, 3.8) is 0 Å². The van der Waals surface area contributed by atoms with E-state index in [1.807, 2.05) is 0 Å². The van der Waals surface area contributed by atoms with Crippen LogP contribution in [0.15, 0.2) is 35.5 Å². The second kappa shape index (κ2) is 6.93. The van der Waals surface area contributed by atoms with Crippen molar-refractivity contribution >= 4 is 11.9 Å². The Morgan fingerprint density at radius 1 is 1.30 bits per heavy atom. The van der Waals surface area contributed by atoms with Crippen molar-refractivity contribution in [1.29, 1.82) is 0 Å². The quantitative estimate of drug-likeness (QED) is 0.819. The number of nitrogens with one attached hydrogen (secondary N) is 1. The number of allylic oxidation sites excluding steroid dienone is 1.